The van der Waals surface area contributed by atoms with Crippen LogP contribution in [-0.2, 0) is 0 Å². The average Bonchev–Trinajstić information content (AvgIpc) is 2.99. The molecule has 0 fully saturated rings. The minimum atomic E-state index is 0.595. The Morgan fingerprint density at radius 2 is 1.55 bits per heavy atom. The second-order valence-corrected chi connectivity index (χ2v) is 5.80. The molecule has 0 N–H and O–H groups in total. The lowest BCUT2D eigenvalue weighted by Crippen LogP contribution is -1.95. The predicted octanol–water partition coefficient (Wildman–Crippen LogP) is 4.22. The number of imidazole rings is 1. The average molecular weight is 351 g/mol. The van der Waals surface area contributed by atoms with E-state index in [4.69, 9.17) is 0 Å². The fraction of sp³-hybridized carbons (Fsp3) is 0. The van der Waals surface area contributed by atoms with E-state index >= 15 is 0 Å². The summed E-state index contributed by atoms with van der Waals surface area (Å²) in [6.07, 6.45) is 3.65. The Bertz CT molecular complexity index is 930. The van der Waals surface area contributed by atoms with Crippen molar-refractivity contribution >= 4 is 21.7 Å². The molecule has 0 radical (unpaired) electrons. The van der Waals surface area contributed by atoms with Crippen LogP contribution in [0.1, 0.15) is 0 Å². The zero-order valence-corrected chi connectivity index (χ0v) is 13.1. The van der Waals surface area contributed by atoms with Crippen molar-refractivity contribution in [1.82, 2.24) is 19.6 Å². The molecule has 22 heavy (non-hydrogen) atoms. The Labute approximate surface area is 135 Å². The van der Waals surface area contributed by atoms with Gasteiger partial charge in [-0.3, -0.25) is 0 Å². The van der Waals surface area contributed by atoms with Crippen molar-refractivity contribution in [2.24, 2.45) is 0 Å². The maximum atomic E-state index is 4.59. The molecular weight excluding hydrogens is 340 g/mol. The highest BCUT2D eigenvalue weighted by molar-refractivity contribution is 9.10. The zero-order chi connectivity index (χ0) is 14.9. The van der Waals surface area contributed by atoms with Gasteiger partial charge in [0.2, 0.25) is 0 Å². The van der Waals surface area contributed by atoms with Gasteiger partial charge in [0.1, 0.15) is 5.69 Å². The van der Waals surface area contributed by atoms with Gasteiger partial charge in [0, 0.05) is 15.6 Å². The Balaban J connectivity index is 1.80. The lowest BCUT2D eigenvalue weighted by Gasteiger charge is -1.99. The van der Waals surface area contributed by atoms with Crippen molar-refractivity contribution in [1.29, 1.82) is 0 Å². The molecule has 0 bridgehead atoms. The molecule has 0 aliphatic rings. The van der Waals surface area contributed by atoms with E-state index in [1.54, 1.807) is 10.7 Å². The molecule has 106 valence electrons. The van der Waals surface area contributed by atoms with Crippen LogP contribution in [0, 0.1) is 0 Å². The molecule has 0 aliphatic heterocycles. The van der Waals surface area contributed by atoms with Gasteiger partial charge in [-0.1, -0.05) is 58.4 Å². The normalized spacial score (nSPS) is 11.0. The van der Waals surface area contributed by atoms with Crippen LogP contribution in [0.5, 0.6) is 0 Å². The van der Waals surface area contributed by atoms with Gasteiger partial charge >= 0.3 is 0 Å². The number of aromatic nitrogens is 4. The van der Waals surface area contributed by atoms with Gasteiger partial charge in [0.25, 0.3) is 5.78 Å². The van der Waals surface area contributed by atoms with E-state index in [0.29, 0.717) is 5.78 Å². The third kappa shape index (κ3) is 2.40. The predicted molar refractivity (Wildman–Crippen MR) is 89.4 cm³/mol. The monoisotopic (exact) mass is 350 g/mol. The first-order valence-electron chi connectivity index (χ1n) is 6.83. The standard InChI is InChI=1S/C17H11BrN4/c18-14-8-6-13(7-9-14)16-11-22-17(20-16)19-10-15(21-22)12-4-2-1-3-5-12/h1-11H. The fourth-order valence-corrected chi connectivity index (χ4v) is 2.55. The molecule has 2 heterocycles. The number of rotatable bonds is 2. The van der Waals surface area contributed by atoms with Gasteiger partial charge in [-0.15, -0.1) is 0 Å². The highest BCUT2D eigenvalue weighted by atomic mass is 79.9. The second kappa shape index (κ2) is 5.35. The Morgan fingerprint density at radius 1 is 0.818 bits per heavy atom. The molecule has 0 atom stereocenters. The molecule has 0 aliphatic carbocycles. The minimum absolute atomic E-state index is 0.595. The third-order valence-corrected chi connectivity index (χ3v) is 3.93. The largest absolute Gasteiger partial charge is 0.251 e. The van der Waals surface area contributed by atoms with Crippen molar-refractivity contribution in [3.8, 4) is 22.5 Å². The molecule has 0 saturated heterocycles. The number of nitrogens with zero attached hydrogens (tertiary/aromatic N) is 4. The van der Waals surface area contributed by atoms with Gasteiger partial charge in [-0.25, -0.2) is 14.5 Å². The first-order valence-corrected chi connectivity index (χ1v) is 7.63. The van der Waals surface area contributed by atoms with Gasteiger partial charge < -0.3 is 0 Å². The van der Waals surface area contributed by atoms with E-state index in [0.717, 1.165) is 27.0 Å². The molecule has 0 unspecified atom stereocenters. The van der Waals surface area contributed by atoms with Crippen LogP contribution in [0.15, 0.2) is 71.5 Å². The van der Waals surface area contributed by atoms with Crippen LogP contribution in [0.4, 0.5) is 0 Å². The Hall–Kier alpha value is -2.53. The number of hydrogen-bond donors (Lipinski definition) is 0. The minimum Gasteiger partial charge on any atom is -0.217 e. The first-order chi connectivity index (χ1) is 10.8. The Kier molecular flexibility index (Phi) is 3.20. The van der Waals surface area contributed by atoms with Crippen molar-refractivity contribution in [3.63, 3.8) is 0 Å². The summed E-state index contributed by atoms with van der Waals surface area (Å²) in [5.74, 6) is 0.595. The molecule has 4 rings (SSSR count). The SMILES string of the molecule is Brc1ccc(-c2cn3nc(-c4ccccc4)cnc3n2)cc1. The van der Waals surface area contributed by atoms with Crippen molar-refractivity contribution < 1.29 is 0 Å². The second-order valence-electron chi connectivity index (χ2n) is 4.89. The number of halogens is 1. The van der Waals surface area contributed by atoms with Crippen molar-refractivity contribution in [2.75, 3.05) is 0 Å². The van der Waals surface area contributed by atoms with Crippen LogP contribution in [0.25, 0.3) is 28.3 Å². The van der Waals surface area contributed by atoms with Gasteiger partial charge in [-0.2, -0.15) is 5.10 Å². The van der Waals surface area contributed by atoms with E-state index in [9.17, 15) is 0 Å². The lowest BCUT2D eigenvalue weighted by atomic mass is 10.2. The van der Waals surface area contributed by atoms with Crippen molar-refractivity contribution in [2.45, 2.75) is 0 Å². The summed E-state index contributed by atoms with van der Waals surface area (Å²) in [4.78, 5) is 8.92. The van der Waals surface area contributed by atoms with E-state index in [2.05, 4.69) is 31.0 Å². The van der Waals surface area contributed by atoms with Crippen LogP contribution < -0.4 is 0 Å². The van der Waals surface area contributed by atoms with E-state index in [1.165, 1.54) is 0 Å². The van der Waals surface area contributed by atoms with Gasteiger partial charge in [0.05, 0.1) is 18.1 Å². The third-order valence-electron chi connectivity index (χ3n) is 3.40. The molecule has 2 aromatic carbocycles. The molecule has 0 spiro atoms. The summed E-state index contributed by atoms with van der Waals surface area (Å²) in [5, 5.41) is 4.59. The molecule has 2 aromatic heterocycles. The van der Waals surface area contributed by atoms with E-state index in [-0.39, 0.29) is 0 Å². The van der Waals surface area contributed by atoms with E-state index in [1.807, 2.05) is 60.8 Å². The number of fused-ring (bicyclic) bond motifs is 1. The first kappa shape index (κ1) is 13.2. The topological polar surface area (TPSA) is 43.1 Å². The number of benzene rings is 2. The molecule has 4 nitrogen and oxygen atoms in total. The van der Waals surface area contributed by atoms with Crippen LogP contribution >= 0.6 is 15.9 Å². The highest BCUT2D eigenvalue weighted by Gasteiger charge is 2.08. The summed E-state index contributed by atoms with van der Waals surface area (Å²) in [6, 6.07) is 18.0. The van der Waals surface area contributed by atoms with Crippen LogP contribution in [0.2, 0.25) is 0 Å². The molecule has 5 heteroatoms. The highest BCUT2D eigenvalue weighted by Crippen LogP contribution is 2.21. The van der Waals surface area contributed by atoms with E-state index < -0.39 is 0 Å². The molecule has 4 aromatic rings. The lowest BCUT2D eigenvalue weighted by molar-refractivity contribution is 0.909. The molecule has 0 amide bonds. The number of hydrogen-bond acceptors (Lipinski definition) is 3. The maximum Gasteiger partial charge on any atom is 0.251 e. The zero-order valence-electron chi connectivity index (χ0n) is 11.5. The summed E-state index contributed by atoms with van der Waals surface area (Å²) < 4.78 is 2.77. The van der Waals surface area contributed by atoms with Gasteiger partial charge in [-0.05, 0) is 12.1 Å². The summed E-state index contributed by atoms with van der Waals surface area (Å²) in [7, 11) is 0. The quantitative estimate of drug-likeness (QED) is 0.543. The van der Waals surface area contributed by atoms with Crippen LogP contribution in [-0.4, -0.2) is 19.6 Å². The van der Waals surface area contributed by atoms with Crippen molar-refractivity contribution in [3.05, 3.63) is 71.5 Å². The smallest absolute Gasteiger partial charge is 0.217 e. The summed E-state index contributed by atoms with van der Waals surface area (Å²) in [5.41, 5.74) is 3.76. The molecular formula is C17H11BrN4. The molecule has 0 saturated carbocycles. The maximum absolute atomic E-state index is 4.59. The summed E-state index contributed by atoms with van der Waals surface area (Å²) in [6.45, 7) is 0. The Morgan fingerprint density at radius 3 is 2.32 bits per heavy atom. The van der Waals surface area contributed by atoms with Crippen LogP contribution in [0.3, 0.4) is 0 Å². The fourth-order valence-electron chi connectivity index (χ4n) is 2.28. The van der Waals surface area contributed by atoms with Gasteiger partial charge in [0.15, 0.2) is 0 Å². The summed E-state index contributed by atoms with van der Waals surface area (Å²) >= 11 is 3.44.